The second-order valence-electron chi connectivity index (χ2n) is 5.03. The van der Waals surface area contributed by atoms with Crippen LogP contribution in [0.1, 0.15) is 17.3 Å². The summed E-state index contributed by atoms with van der Waals surface area (Å²) in [7, 11) is -1.02. The molecule has 0 unspecified atom stereocenters. The van der Waals surface area contributed by atoms with Crippen LogP contribution in [0.15, 0.2) is 53.4 Å². The number of anilines is 1. The Morgan fingerprint density at radius 1 is 1.17 bits per heavy atom. The number of para-hydroxylation sites is 1. The van der Waals surface area contributed by atoms with Crippen molar-refractivity contribution < 1.29 is 17.9 Å². The molecule has 0 saturated heterocycles. The first-order chi connectivity index (χ1) is 11.4. The van der Waals surface area contributed by atoms with Crippen LogP contribution in [0.3, 0.4) is 0 Å². The van der Waals surface area contributed by atoms with Gasteiger partial charge in [-0.05, 0) is 37.3 Å². The molecular weight excluding hydrogens is 328 g/mol. The first-order valence-electron chi connectivity index (χ1n) is 7.42. The monoisotopic (exact) mass is 348 g/mol. The van der Waals surface area contributed by atoms with Crippen molar-refractivity contribution in [2.75, 3.05) is 25.0 Å². The van der Waals surface area contributed by atoms with Crippen molar-refractivity contribution in [2.45, 2.75) is 11.8 Å². The number of rotatable bonds is 6. The van der Waals surface area contributed by atoms with Gasteiger partial charge in [-0.3, -0.25) is 9.10 Å². The molecule has 0 aliphatic rings. The molecule has 0 saturated carbocycles. The van der Waals surface area contributed by atoms with E-state index in [9.17, 15) is 13.2 Å². The molecule has 0 radical (unpaired) electrons. The van der Waals surface area contributed by atoms with Gasteiger partial charge in [0.25, 0.3) is 15.9 Å². The summed E-state index contributed by atoms with van der Waals surface area (Å²) < 4.78 is 32.3. The predicted octanol–water partition coefficient (Wildman–Crippen LogP) is 2.27. The smallest absolute Gasteiger partial charge is 0.267 e. The number of ether oxygens (including phenoxy) is 1. The van der Waals surface area contributed by atoms with Gasteiger partial charge in [-0.2, -0.15) is 0 Å². The summed E-state index contributed by atoms with van der Waals surface area (Å²) in [5, 5.41) is 2.65. The molecule has 24 heavy (non-hydrogen) atoms. The summed E-state index contributed by atoms with van der Waals surface area (Å²) in [5.74, 6) is -0.148. The molecule has 128 valence electrons. The van der Waals surface area contributed by atoms with E-state index in [1.54, 1.807) is 37.3 Å². The third kappa shape index (κ3) is 3.51. The lowest BCUT2D eigenvalue weighted by Gasteiger charge is -2.21. The van der Waals surface area contributed by atoms with Gasteiger partial charge in [0.1, 0.15) is 10.6 Å². The molecule has 2 aromatic carbocycles. The molecule has 0 aliphatic carbocycles. The zero-order valence-corrected chi connectivity index (χ0v) is 14.6. The number of sulfonamides is 1. The number of nitrogens with one attached hydrogen (secondary N) is 1. The van der Waals surface area contributed by atoms with Crippen molar-refractivity contribution in [3.8, 4) is 5.75 Å². The Labute approximate surface area is 142 Å². The maximum absolute atomic E-state index is 13.0. The van der Waals surface area contributed by atoms with Gasteiger partial charge in [0, 0.05) is 19.2 Å². The topological polar surface area (TPSA) is 75.7 Å². The van der Waals surface area contributed by atoms with Crippen LogP contribution >= 0.6 is 0 Å². The van der Waals surface area contributed by atoms with Crippen LogP contribution in [-0.2, 0) is 10.0 Å². The Bertz CT molecular complexity index is 820. The quantitative estimate of drug-likeness (QED) is 0.869. The van der Waals surface area contributed by atoms with E-state index in [2.05, 4.69) is 5.32 Å². The van der Waals surface area contributed by atoms with E-state index in [1.165, 1.54) is 32.4 Å². The average Bonchev–Trinajstić information content (AvgIpc) is 2.61. The van der Waals surface area contributed by atoms with Crippen molar-refractivity contribution in [3.05, 3.63) is 54.1 Å². The molecule has 1 N–H and O–H groups in total. The molecular formula is C17H20N2O4S. The van der Waals surface area contributed by atoms with E-state index in [1.807, 2.05) is 0 Å². The van der Waals surface area contributed by atoms with Crippen LogP contribution in [0, 0.1) is 0 Å². The van der Waals surface area contributed by atoms with Crippen LogP contribution in [0.25, 0.3) is 0 Å². The van der Waals surface area contributed by atoms with Gasteiger partial charge >= 0.3 is 0 Å². The van der Waals surface area contributed by atoms with Crippen molar-refractivity contribution in [1.82, 2.24) is 5.32 Å². The Hall–Kier alpha value is -2.54. The van der Waals surface area contributed by atoms with Crippen molar-refractivity contribution in [2.24, 2.45) is 0 Å². The van der Waals surface area contributed by atoms with Crippen LogP contribution in [0.4, 0.5) is 5.69 Å². The minimum absolute atomic E-state index is 0.0555. The highest BCUT2D eigenvalue weighted by Gasteiger charge is 2.26. The third-order valence-electron chi connectivity index (χ3n) is 3.52. The molecule has 0 spiro atoms. The van der Waals surface area contributed by atoms with Gasteiger partial charge in [-0.1, -0.05) is 18.2 Å². The molecule has 2 aromatic rings. The van der Waals surface area contributed by atoms with Gasteiger partial charge < -0.3 is 10.1 Å². The predicted molar refractivity (Wildman–Crippen MR) is 93.0 cm³/mol. The van der Waals surface area contributed by atoms with Crippen LogP contribution in [-0.4, -0.2) is 35.0 Å². The van der Waals surface area contributed by atoms with E-state index >= 15 is 0 Å². The fourth-order valence-electron chi connectivity index (χ4n) is 2.21. The number of carbonyl (C=O) groups excluding carboxylic acids is 1. The van der Waals surface area contributed by atoms with Gasteiger partial charge in [-0.15, -0.1) is 0 Å². The Balaban J connectivity index is 2.52. The standard InChI is InChI=1S/C17H20N2O4S/c1-4-18-17(20)13-10-11-15(23-3)16(12-13)24(21,22)19(2)14-8-6-5-7-9-14/h5-12H,4H2,1-3H3,(H,18,20). The van der Waals surface area contributed by atoms with Crippen molar-refractivity contribution >= 4 is 21.6 Å². The van der Waals surface area contributed by atoms with Crippen molar-refractivity contribution in [3.63, 3.8) is 0 Å². The SMILES string of the molecule is CCNC(=O)c1ccc(OC)c(S(=O)(=O)N(C)c2ccccc2)c1. The van der Waals surface area contributed by atoms with Crippen molar-refractivity contribution in [1.29, 1.82) is 0 Å². The van der Waals surface area contributed by atoms with Crippen LogP contribution < -0.4 is 14.4 Å². The Morgan fingerprint density at radius 3 is 2.42 bits per heavy atom. The fourth-order valence-corrected chi connectivity index (χ4v) is 3.58. The summed E-state index contributed by atoms with van der Waals surface area (Å²) in [4.78, 5) is 11.9. The van der Waals surface area contributed by atoms with E-state index in [4.69, 9.17) is 4.74 Å². The highest BCUT2D eigenvalue weighted by Crippen LogP contribution is 2.29. The zero-order chi connectivity index (χ0) is 17.7. The lowest BCUT2D eigenvalue weighted by Crippen LogP contribution is -2.28. The number of hydrogen-bond acceptors (Lipinski definition) is 4. The molecule has 6 nitrogen and oxygen atoms in total. The average molecular weight is 348 g/mol. The van der Waals surface area contributed by atoms with Gasteiger partial charge in [0.05, 0.1) is 12.8 Å². The molecule has 7 heteroatoms. The summed E-state index contributed by atoms with van der Waals surface area (Å²) in [6.45, 7) is 2.25. The number of hydrogen-bond donors (Lipinski definition) is 1. The first-order valence-corrected chi connectivity index (χ1v) is 8.86. The summed E-state index contributed by atoms with van der Waals surface area (Å²) in [5.41, 5.74) is 0.778. The normalized spacial score (nSPS) is 11.0. The minimum Gasteiger partial charge on any atom is -0.495 e. The highest BCUT2D eigenvalue weighted by molar-refractivity contribution is 7.92. The lowest BCUT2D eigenvalue weighted by atomic mass is 10.2. The van der Waals surface area contributed by atoms with E-state index in [0.29, 0.717) is 12.2 Å². The second-order valence-corrected chi connectivity index (χ2v) is 6.97. The molecule has 0 fully saturated rings. The largest absolute Gasteiger partial charge is 0.495 e. The minimum atomic E-state index is -3.88. The number of carbonyl (C=O) groups is 1. The molecule has 0 aromatic heterocycles. The van der Waals surface area contributed by atoms with Gasteiger partial charge in [0.15, 0.2) is 0 Å². The highest BCUT2D eigenvalue weighted by atomic mass is 32.2. The summed E-state index contributed by atoms with van der Waals surface area (Å²) in [6.07, 6.45) is 0. The zero-order valence-electron chi connectivity index (χ0n) is 13.8. The molecule has 0 bridgehead atoms. The lowest BCUT2D eigenvalue weighted by molar-refractivity contribution is 0.0955. The van der Waals surface area contributed by atoms with Crippen LogP contribution in [0.2, 0.25) is 0 Å². The molecule has 0 atom stereocenters. The number of benzene rings is 2. The van der Waals surface area contributed by atoms with Crippen LogP contribution in [0.5, 0.6) is 5.75 Å². The fraction of sp³-hybridized carbons (Fsp3) is 0.235. The molecule has 2 rings (SSSR count). The number of methoxy groups -OCH3 is 1. The van der Waals surface area contributed by atoms with Gasteiger partial charge in [-0.25, -0.2) is 8.42 Å². The summed E-state index contributed by atoms with van der Waals surface area (Å²) >= 11 is 0. The second kappa shape index (κ2) is 7.35. The van der Waals surface area contributed by atoms with E-state index in [0.717, 1.165) is 4.31 Å². The third-order valence-corrected chi connectivity index (χ3v) is 5.33. The van der Waals surface area contributed by atoms with Gasteiger partial charge in [0.2, 0.25) is 0 Å². The molecule has 1 amide bonds. The number of nitrogens with zero attached hydrogens (tertiary/aromatic N) is 1. The molecule has 0 heterocycles. The summed E-state index contributed by atoms with van der Waals surface area (Å²) in [6, 6.07) is 13.0. The Kier molecular flexibility index (Phi) is 5.46. The van der Waals surface area contributed by atoms with E-state index < -0.39 is 10.0 Å². The van der Waals surface area contributed by atoms with E-state index in [-0.39, 0.29) is 22.1 Å². The molecule has 0 aliphatic heterocycles. The maximum Gasteiger partial charge on any atom is 0.267 e. The Morgan fingerprint density at radius 2 is 1.83 bits per heavy atom. The maximum atomic E-state index is 13.0. The first kappa shape index (κ1) is 17.8. The number of amides is 1.